The van der Waals surface area contributed by atoms with Crippen molar-refractivity contribution in [1.82, 2.24) is 9.55 Å². The molecule has 6 heteroatoms. The third kappa shape index (κ3) is 3.64. The van der Waals surface area contributed by atoms with E-state index in [1.54, 1.807) is 21.0 Å². The Morgan fingerprint density at radius 1 is 1.42 bits per heavy atom. The molecule has 1 N–H and O–H groups in total. The lowest BCUT2D eigenvalue weighted by Gasteiger charge is -2.25. The first-order valence-electron chi connectivity index (χ1n) is 6.02. The molecule has 6 nitrogen and oxygen atoms in total. The highest BCUT2D eigenvalue weighted by Crippen LogP contribution is 2.15. The third-order valence-electron chi connectivity index (χ3n) is 3.19. The number of nitrogens with zero attached hydrogens (tertiary/aromatic N) is 2. The zero-order chi connectivity index (χ0) is 14.8. The van der Waals surface area contributed by atoms with Crippen molar-refractivity contribution in [2.24, 2.45) is 0 Å². The molecule has 0 aliphatic carbocycles. The lowest BCUT2D eigenvalue weighted by atomic mass is 10.1. The number of aromatic nitrogens is 2. The van der Waals surface area contributed by atoms with Gasteiger partial charge in [-0.2, -0.15) is 4.98 Å². The Morgan fingerprint density at radius 3 is 2.47 bits per heavy atom. The van der Waals surface area contributed by atoms with E-state index in [1.165, 1.54) is 4.57 Å². The van der Waals surface area contributed by atoms with Crippen LogP contribution in [-0.2, 0) is 22.5 Å². The molecule has 0 aliphatic heterocycles. The van der Waals surface area contributed by atoms with E-state index in [-0.39, 0.29) is 12.1 Å². The predicted molar refractivity (Wildman–Crippen MR) is 70.4 cm³/mol. The lowest BCUT2D eigenvalue weighted by molar-refractivity contribution is -0.136. The molecule has 0 radical (unpaired) electrons. The van der Waals surface area contributed by atoms with E-state index in [9.17, 15) is 9.59 Å². The van der Waals surface area contributed by atoms with E-state index in [4.69, 9.17) is 9.84 Å². The summed E-state index contributed by atoms with van der Waals surface area (Å²) in [5.74, 6) is -0.941. The van der Waals surface area contributed by atoms with Crippen molar-refractivity contribution in [2.45, 2.75) is 46.3 Å². The summed E-state index contributed by atoms with van der Waals surface area (Å²) in [6.45, 7) is 7.43. The molecule has 0 spiro atoms. The van der Waals surface area contributed by atoms with E-state index < -0.39 is 11.6 Å². The molecule has 0 aliphatic rings. The smallest absolute Gasteiger partial charge is 0.348 e. The quantitative estimate of drug-likeness (QED) is 0.858. The minimum Gasteiger partial charge on any atom is -0.481 e. The van der Waals surface area contributed by atoms with Gasteiger partial charge in [0.05, 0.1) is 18.6 Å². The number of carbonyl (C=O) groups is 1. The van der Waals surface area contributed by atoms with Gasteiger partial charge in [0.25, 0.3) is 0 Å². The van der Waals surface area contributed by atoms with Crippen LogP contribution >= 0.6 is 0 Å². The normalized spacial score (nSPS) is 11.6. The highest BCUT2D eigenvalue weighted by atomic mass is 16.5. The molecule has 1 aromatic rings. The number of rotatable bonds is 5. The van der Waals surface area contributed by atoms with Gasteiger partial charge in [-0.3, -0.25) is 9.36 Å². The van der Waals surface area contributed by atoms with Crippen molar-refractivity contribution in [2.75, 3.05) is 7.11 Å². The van der Waals surface area contributed by atoms with Gasteiger partial charge in [0.1, 0.15) is 0 Å². The van der Waals surface area contributed by atoms with Crippen LogP contribution in [0.5, 0.6) is 0 Å². The van der Waals surface area contributed by atoms with Crippen LogP contribution in [0, 0.1) is 13.8 Å². The number of aryl methyl sites for hydroxylation is 1. The summed E-state index contributed by atoms with van der Waals surface area (Å²) in [4.78, 5) is 26.7. The van der Waals surface area contributed by atoms with Crippen LogP contribution in [0.15, 0.2) is 4.79 Å². The van der Waals surface area contributed by atoms with Crippen LogP contribution in [0.4, 0.5) is 0 Å². The summed E-state index contributed by atoms with van der Waals surface area (Å²) in [5, 5.41) is 8.91. The second kappa shape index (κ2) is 5.52. The summed E-state index contributed by atoms with van der Waals surface area (Å²) in [5.41, 5.74) is 0.779. The van der Waals surface area contributed by atoms with E-state index >= 15 is 0 Å². The maximum absolute atomic E-state index is 11.9. The van der Waals surface area contributed by atoms with E-state index in [0.717, 1.165) is 0 Å². The summed E-state index contributed by atoms with van der Waals surface area (Å²) >= 11 is 0. The number of carboxylic acids is 1. The first kappa shape index (κ1) is 15.4. The van der Waals surface area contributed by atoms with E-state index in [2.05, 4.69) is 4.98 Å². The van der Waals surface area contributed by atoms with Crippen molar-refractivity contribution < 1.29 is 14.6 Å². The Morgan fingerprint density at radius 2 is 2.00 bits per heavy atom. The molecule has 19 heavy (non-hydrogen) atoms. The number of methoxy groups -OCH3 is 1. The Labute approximate surface area is 112 Å². The molecule has 1 rings (SSSR count). The number of carboxylic acid groups (broad SMARTS) is 1. The molecule has 0 atom stereocenters. The fourth-order valence-electron chi connectivity index (χ4n) is 1.88. The van der Waals surface area contributed by atoms with Crippen molar-refractivity contribution in [1.29, 1.82) is 0 Å². The van der Waals surface area contributed by atoms with Gasteiger partial charge in [0, 0.05) is 24.1 Å². The first-order valence-corrected chi connectivity index (χ1v) is 6.02. The zero-order valence-corrected chi connectivity index (χ0v) is 12.0. The third-order valence-corrected chi connectivity index (χ3v) is 3.19. The van der Waals surface area contributed by atoms with Gasteiger partial charge in [-0.1, -0.05) is 0 Å². The van der Waals surface area contributed by atoms with Crippen LogP contribution in [-0.4, -0.2) is 33.3 Å². The summed E-state index contributed by atoms with van der Waals surface area (Å²) < 4.78 is 6.77. The highest BCUT2D eigenvalue weighted by Gasteiger charge is 2.21. The molecule has 0 aromatic carbocycles. The number of aliphatic carboxylic acids is 1. The second-order valence-electron chi connectivity index (χ2n) is 5.16. The Bertz CT molecular complexity index is 546. The van der Waals surface area contributed by atoms with Gasteiger partial charge in [-0.25, -0.2) is 4.79 Å². The van der Waals surface area contributed by atoms with Crippen molar-refractivity contribution in [3.63, 3.8) is 0 Å². The van der Waals surface area contributed by atoms with Gasteiger partial charge in [-0.05, 0) is 27.7 Å². The molecule has 1 heterocycles. The standard InChI is InChI=1S/C13H20N2O4/c1-8-10(6-11(16)17)9(2)15(12(18)14-8)7-13(3,4)19-5/h6-7H2,1-5H3,(H,16,17). The average molecular weight is 268 g/mol. The minimum atomic E-state index is -0.941. The van der Waals surface area contributed by atoms with Crippen molar-refractivity contribution in [3.05, 3.63) is 27.4 Å². The Hall–Kier alpha value is -1.69. The number of hydrogen-bond donors (Lipinski definition) is 1. The second-order valence-corrected chi connectivity index (χ2v) is 5.16. The topological polar surface area (TPSA) is 81.4 Å². The van der Waals surface area contributed by atoms with Crippen LogP contribution in [0.3, 0.4) is 0 Å². The fourth-order valence-corrected chi connectivity index (χ4v) is 1.88. The summed E-state index contributed by atoms with van der Waals surface area (Å²) in [6.07, 6.45) is -0.141. The molecular weight excluding hydrogens is 248 g/mol. The molecule has 0 unspecified atom stereocenters. The molecule has 106 valence electrons. The van der Waals surface area contributed by atoms with Crippen molar-refractivity contribution >= 4 is 5.97 Å². The van der Waals surface area contributed by atoms with Gasteiger partial charge < -0.3 is 9.84 Å². The number of hydrogen-bond acceptors (Lipinski definition) is 4. The van der Waals surface area contributed by atoms with Gasteiger partial charge in [0.2, 0.25) is 0 Å². The largest absolute Gasteiger partial charge is 0.481 e. The summed E-state index contributed by atoms with van der Waals surface area (Å²) in [6, 6.07) is 0. The molecule has 0 saturated carbocycles. The van der Waals surface area contributed by atoms with Crippen LogP contribution in [0.2, 0.25) is 0 Å². The maximum atomic E-state index is 11.9. The molecule has 0 fully saturated rings. The highest BCUT2D eigenvalue weighted by molar-refractivity contribution is 5.70. The predicted octanol–water partition coefficient (Wildman–Crippen LogP) is 0.912. The minimum absolute atomic E-state index is 0.141. The average Bonchev–Trinajstić information content (AvgIpc) is 2.30. The summed E-state index contributed by atoms with van der Waals surface area (Å²) in [7, 11) is 1.57. The molecule has 0 amide bonds. The van der Waals surface area contributed by atoms with Crippen LogP contribution < -0.4 is 5.69 Å². The Kier molecular flexibility index (Phi) is 4.47. The van der Waals surface area contributed by atoms with E-state index in [0.29, 0.717) is 23.5 Å². The van der Waals surface area contributed by atoms with Gasteiger partial charge in [-0.15, -0.1) is 0 Å². The Balaban J connectivity index is 3.33. The fraction of sp³-hybridized carbons (Fsp3) is 0.615. The van der Waals surface area contributed by atoms with E-state index in [1.807, 2.05) is 13.8 Å². The maximum Gasteiger partial charge on any atom is 0.348 e. The molecule has 0 bridgehead atoms. The monoisotopic (exact) mass is 268 g/mol. The SMILES string of the molecule is COC(C)(C)Cn1c(C)c(CC(=O)O)c(C)nc1=O. The van der Waals surface area contributed by atoms with Crippen LogP contribution in [0.1, 0.15) is 30.8 Å². The number of ether oxygens (including phenoxy) is 1. The van der Waals surface area contributed by atoms with Gasteiger partial charge in [0.15, 0.2) is 0 Å². The first-order chi connectivity index (χ1) is 8.68. The van der Waals surface area contributed by atoms with Crippen molar-refractivity contribution in [3.8, 4) is 0 Å². The zero-order valence-electron chi connectivity index (χ0n) is 12.0. The van der Waals surface area contributed by atoms with Crippen LogP contribution in [0.25, 0.3) is 0 Å². The molecule has 1 aromatic heterocycles. The molecule has 0 saturated heterocycles. The molecular formula is C13H20N2O4. The lowest BCUT2D eigenvalue weighted by Crippen LogP contribution is -2.37. The van der Waals surface area contributed by atoms with Gasteiger partial charge >= 0.3 is 11.7 Å².